The van der Waals surface area contributed by atoms with Crippen LogP contribution in [0.3, 0.4) is 0 Å². The molecule has 2 aromatic rings. The van der Waals surface area contributed by atoms with E-state index < -0.39 is 5.91 Å². The summed E-state index contributed by atoms with van der Waals surface area (Å²) in [5, 5.41) is 18.9. The van der Waals surface area contributed by atoms with Crippen LogP contribution in [0, 0.1) is 17.2 Å². The molecule has 2 amide bonds. The molecule has 1 aliphatic heterocycles. The van der Waals surface area contributed by atoms with Gasteiger partial charge < -0.3 is 9.80 Å². The molecule has 3 aliphatic carbocycles. The van der Waals surface area contributed by atoms with Crippen molar-refractivity contribution < 1.29 is 9.59 Å². The fourth-order valence-electron chi connectivity index (χ4n) is 4.40. The summed E-state index contributed by atoms with van der Waals surface area (Å²) >= 11 is 1.35. The zero-order valence-electron chi connectivity index (χ0n) is 14.6. The van der Waals surface area contributed by atoms with E-state index in [4.69, 9.17) is 0 Å². The van der Waals surface area contributed by atoms with Crippen LogP contribution in [0.15, 0.2) is 24.3 Å². The second-order valence-electron chi connectivity index (χ2n) is 7.54. The number of aromatic nitrogens is 2. The van der Waals surface area contributed by atoms with E-state index in [0.29, 0.717) is 28.7 Å². The van der Waals surface area contributed by atoms with Gasteiger partial charge in [0.25, 0.3) is 0 Å². The molecule has 0 unspecified atom stereocenters. The molecule has 0 radical (unpaired) electrons. The molecule has 2 heterocycles. The second kappa shape index (κ2) is 5.86. The Morgan fingerprint density at radius 2 is 1.93 bits per heavy atom. The molecule has 4 aliphatic rings. The Hall–Kier alpha value is -2.79. The molecule has 0 atom stereocenters. The Kier molecular flexibility index (Phi) is 3.56. The van der Waals surface area contributed by atoms with Crippen molar-refractivity contribution in [2.45, 2.75) is 31.3 Å². The fraction of sp³-hybridized carbons (Fsp3) is 0.421. The highest BCUT2D eigenvalue weighted by atomic mass is 32.1. The van der Waals surface area contributed by atoms with Gasteiger partial charge >= 0.3 is 11.8 Å². The molecule has 1 aromatic carbocycles. The maximum atomic E-state index is 12.6. The Morgan fingerprint density at radius 1 is 1.15 bits per heavy atom. The third kappa shape index (κ3) is 2.46. The molecule has 0 N–H and O–H groups in total. The van der Waals surface area contributed by atoms with Gasteiger partial charge in [-0.2, -0.15) is 5.26 Å². The van der Waals surface area contributed by atoms with Crippen LogP contribution < -0.4 is 0 Å². The summed E-state index contributed by atoms with van der Waals surface area (Å²) in [5.74, 6) is -0.0545. The fourth-order valence-corrected chi connectivity index (χ4v) is 5.29. The Bertz CT molecular complexity index is 977. The molecule has 136 valence electrons. The average Bonchev–Trinajstić information content (AvgIpc) is 3.07. The quantitative estimate of drug-likeness (QED) is 0.756. The monoisotopic (exact) mass is 379 g/mol. The van der Waals surface area contributed by atoms with E-state index in [1.807, 2.05) is 12.1 Å². The highest BCUT2D eigenvalue weighted by molar-refractivity contribution is 7.14. The van der Waals surface area contributed by atoms with Crippen LogP contribution >= 0.6 is 11.3 Å². The molecule has 1 saturated heterocycles. The average molecular weight is 379 g/mol. The van der Waals surface area contributed by atoms with Gasteiger partial charge in [-0.15, -0.1) is 10.2 Å². The number of nitriles is 1. The third-order valence-corrected chi connectivity index (χ3v) is 6.90. The van der Waals surface area contributed by atoms with E-state index in [1.165, 1.54) is 11.3 Å². The van der Waals surface area contributed by atoms with E-state index in [-0.39, 0.29) is 18.0 Å². The zero-order valence-corrected chi connectivity index (χ0v) is 15.4. The van der Waals surface area contributed by atoms with Crippen molar-refractivity contribution >= 4 is 23.2 Å². The minimum atomic E-state index is -0.444. The summed E-state index contributed by atoms with van der Waals surface area (Å²) in [6.45, 7) is 1.40. The molecule has 4 fully saturated rings. The number of hydrogen-bond acceptors (Lipinski definition) is 6. The van der Waals surface area contributed by atoms with Crippen molar-refractivity contribution in [1.82, 2.24) is 20.0 Å². The van der Waals surface area contributed by atoms with Crippen molar-refractivity contribution in [3.8, 4) is 16.6 Å². The lowest BCUT2D eigenvalue weighted by Crippen LogP contribution is -2.73. The Balaban J connectivity index is 1.30. The lowest BCUT2D eigenvalue weighted by Gasteiger charge is -2.66. The molecule has 6 rings (SSSR count). The summed E-state index contributed by atoms with van der Waals surface area (Å²) in [6, 6.07) is 9.38. The maximum Gasteiger partial charge on any atom is 0.312 e. The number of hydrogen-bond donors (Lipinski definition) is 0. The molecule has 3 saturated carbocycles. The van der Waals surface area contributed by atoms with Gasteiger partial charge in [0.05, 0.1) is 18.2 Å². The summed E-state index contributed by atoms with van der Waals surface area (Å²) in [5.41, 5.74) is 1.26. The van der Waals surface area contributed by atoms with Crippen LogP contribution in [0.5, 0.6) is 0 Å². The van der Waals surface area contributed by atoms with Gasteiger partial charge in [0.15, 0.2) is 0 Å². The predicted molar refractivity (Wildman–Crippen MR) is 97.3 cm³/mol. The van der Waals surface area contributed by atoms with Crippen LogP contribution in [0.4, 0.5) is 0 Å². The number of carbonyl (C=O) groups excluding carboxylic acids is 2. The van der Waals surface area contributed by atoms with E-state index in [9.17, 15) is 14.9 Å². The first kappa shape index (κ1) is 16.4. The third-order valence-electron chi connectivity index (χ3n) is 5.96. The van der Waals surface area contributed by atoms with Gasteiger partial charge in [-0.25, -0.2) is 0 Å². The normalized spacial score (nSPS) is 26.4. The first-order valence-electron chi connectivity index (χ1n) is 9.02. The molecule has 2 bridgehead atoms. The summed E-state index contributed by atoms with van der Waals surface area (Å²) < 4.78 is 0. The van der Waals surface area contributed by atoms with Gasteiger partial charge in [-0.3, -0.25) is 9.59 Å². The van der Waals surface area contributed by atoms with Crippen LogP contribution in [0.1, 0.15) is 29.8 Å². The van der Waals surface area contributed by atoms with E-state index in [1.54, 1.807) is 21.9 Å². The number of nitrogens with zero attached hydrogens (tertiary/aromatic N) is 5. The van der Waals surface area contributed by atoms with Crippen LogP contribution in [0.25, 0.3) is 10.6 Å². The minimum absolute atomic E-state index is 0.0135. The Morgan fingerprint density at radius 3 is 2.63 bits per heavy atom. The van der Waals surface area contributed by atoms with Gasteiger partial charge in [-0.05, 0) is 31.2 Å². The van der Waals surface area contributed by atoms with Crippen LogP contribution in [-0.2, 0) is 16.1 Å². The molecular weight excluding hydrogens is 362 g/mol. The highest BCUT2D eigenvalue weighted by Gasteiger charge is 2.62. The van der Waals surface area contributed by atoms with Crippen LogP contribution in [0.2, 0.25) is 0 Å². The van der Waals surface area contributed by atoms with E-state index in [2.05, 4.69) is 16.3 Å². The van der Waals surface area contributed by atoms with Gasteiger partial charge in [0.1, 0.15) is 10.0 Å². The van der Waals surface area contributed by atoms with Gasteiger partial charge in [0, 0.05) is 24.2 Å². The predicted octanol–water partition coefficient (Wildman–Crippen LogP) is 1.80. The number of carbonyl (C=O) groups is 2. The molecule has 0 spiro atoms. The van der Waals surface area contributed by atoms with E-state index >= 15 is 0 Å². The highest BCUT2D eigenvalue weighted by Crippen LogP contribution is 2.60. The minimum Gasteiger partial charge on any atom is -0.327 e. The largest absolute Gasteiger partial charge is 0.327 e. The van der Waals surface area contributed by atoms with Crippen molar-refractivity contribution in [2.75, 3.05) is 13.1 Å². The lowest BCUT2D eigenvalue weighted by molar-refractivity contribution is -0.186. The summed E-state index contributed by atoms with van der Waals surface area (Å²) in [4.78, 5) is 28.5. The molecule has 27 heavy (non-hydrogen) atoms. The standard InChI is InChI=1S/C19H17N5O2S/c20-10-13-3-1-2-4-14(13)16-22-21-15(27-16)11-23-5-6-24(18(26)17(23)25)19-7-12(8-19)9-19/h1-4,12H,5-9,11H2. The lowest BCUT2D eigenvalue weighted by atomic mass is 9.49. The first-order chi connectivity index (χ1) is 13.1. The molecular formula is C19H17N5O2S. The molecule has 8 heteroatoms. The van der Waals surface area contributed by atoms with Crippen molar-refractivity contribution in [3.63, 3.8) is 0 Å². The summed E-state index contributed by atoms with van der Waals surface area (Å²) in [6.07, 6.45) is 3.18. The molecule has 1 aromatic heterocycles. The number of piperazine rings is 1. The van der Waals surface area contributed by atoms with Crippen molar-refractivity contribution in [2.24, 2.45) is 5.92 Å². The Labute approximate surface area is 160 Å². The van der Waals surface area contributed by atoms with Gasteiger partial charge in [-0.1, -0.05) is 29.5 Å². The maximum absolute atomic E-state index is 12.6. The molecule has 7 nitrogen and oxygen atoms in total. The van der Waals surface area contributed by atoms with Gasteiger partial charge in [0.2, 0.25) is 0 Å². The number of benzene rings is 1. The topological polar surface area (TPSA) is 90.2 Å². The summed E-state index contributed by atoms with van der Waals surface area (Å²) in [7, 11) is 0. The SMILES string of the molecule is N#Cc1ccccc1-c1nnc(CN2CCN(C34CC(C3)C4)C(=O)C2=O)s1. The number of rotatable bonds is 4. The van der Waals surface area contributed by atoms with Crippen molar-refractivity contribution in [1.29, 1.82) is 5.26 Å². The zero-order chi connectivity index (χ0) is 18.6. The number of amides is 2. The smallest absolute Gasteiger partial charge is 0.312 e. The van der Waals surface area contributed by atoms with E-state index in [0.717, 1.165) is 30.7 Å². The second-order valence-corrected chi connectivity index (χ2v) is 8.61. The first-order valence-corrected chi connectivity index (χ1v) is 9.84. The van der Waals surface area contributed by atoms with Crippen molar-refractivity contribution in [3.05, 3.63) is 34.8 Å². The van der Waals surface area contributed by atoms with Crippen LogP contribution in [-0.4, -0.2) is 50.4 Å².